The Morgan fingerprint density at radius 1 is 1.10 bits per heavy atom. The topological polar surface area (TPSA) is 39.4 Å². The van der Waals surface area contributed by atoms with Crippen molar-refractivity contribution in [2.75, 3.05) is 0 Å². The molecule has 0 saturated heterocycles. The largest absolute Gasteiger partial charge is 0.433 e. The minimum Gasteiger partial charge on any atom is -0.433 e. The van der Waals surface area contributed by atoms with Crippen molar-refractivity contribution in [3.8, 4) is 16.9 Å². The van der Waals surface area contributed by atoms with Gasteiger partial charge in [-0.1, -0.05) is 17.3 Å². The first-order valence-electron chi connectivity index (χ1n) is 5.99. The fourth-order valence-corrected chi connectivity index (χ4v) is 1.93. The summed E-state index contributed by atoms with van der Waals surface area (Å²) < 4.78 is 31.6. The number of hydrogen-bond donors (Lipinski definition) is 0. The lowest BCUT2D eigenvalue weighted by molar-refractivity contribution is -0.158. The highest BCUT2D eigenvalue weighted by Gasteiger charge is 2.22. The van der Waals surface area contributed by atoms with E-state index in [1.54, 1.807) is 29.0 Å². The summed E-state index contributed by atoms with van der Waals surface area (Å²) in [7, 11) is 0. The number of ether oxygens (including phenoxy) is 1. The molecule has 3 rings (SSSR count). The molecule has 0 fully saturated rings. The predicted molar refractivity (Wildman–Crippen MR) is 69.7 cm³/mol. The first-order chi connectivity index (χ1) is 9.51. The van der Waals surface area contributed by atoms with Crippen molar-refractivity contribution in [2.24, 2.45) is 0 Å². The maximum Gasteiger partial charge on any atom is 0.394 e. The van der Waals surface area contributed by atoms with Crippen LogP contribution in [0.15, 0.2) is 48.8 Å². The van der Waals surface area contributed by atoms with Crippen LogP contribution in [-0.2, 0) is 0 Å². The van der Waals surface area contributed by atoms with E-state index in [2.05, 4.69) is 15.0 Å². The van der Waals surface area contributed by atoms with Gasteiger partial charge in [0.15, 0.2) is 0 Å². The first kappa shape index (κ1) is 12.5. The minimum atomic E-state index is -3.18. The van der Waals surface area contributed by atoms with Gasteiger partial charge in [-0.25, -0.2) is 4.52 Å². The van der Waals surface area contributed by atoms with Crippen molar-refractivity contribution in [3.63, 3.8) is 0 Å². The number of alkyl halides is 2. The van der Waals surface area contributed by atoms with E-state index in [0.29, 0.717) is 6.92 Å². The van der Waals surface area contributed by atoms with Crippen molar-refractivity contribution < 1.29 is 13.5 Å². The van der Waals surface area contributed by atoms with Crippen LogP contribution in [0.3, 0.4) is 0 Å². The van der Waals surface area contributed by atoms with Crippen molar-refractivity contribution in [1.29, 1.82) is 0 Å². The molecule has 0 atom stereocenters. The fraction of sp³-hybridized carbons (Fsp3) is 0.143. The zero-order valence-electron chi connectivity index (χ0n) is 10.6. The molecule has 0 spiro atoms. The van der Waals surface area contributed by atoms with E-state index in [1.807, 2.05) is 12.1 Å². The molecule has 4 nitrogen and oxygen atoms in total. The van der Waals surface area contributed by atoms with Gasteiger partial charge in [0.05, 0.1) is 11.7 Å². The van der Waals surface area contributed by atoms with Crippen molar-refractivity contribution >= 4 is 5.52 Å². The number of pyridine rings is 1. The fourth-order valence-electron chi connectivity index (χ4n) is 1.93. The Kier molecular flexibility index (Phi) is 2.85. The van der Waals surface area contributed by atoms with Crippen LogP contribution in [0.2, 0.25) is 0 Å². The second kappa shape index (κ2) is 4.56. The maximum atomic E-state index is 12.7. The maximum absolute atomic E-state index is 12.7. The van der Waals surface area contributed by atoms with Crippen LogP contribution in [0, 0.1) is 0 Å². The van der Waals surface area contributed by atoms with Crippen LogP contribution in [0.4, 0.5) is 8.78 Å². The molecule has 0 amide bonds. The van der Waals surface area contributed by atoms with Crippen LogP contribution in [0.1, 0.15) is 6.92 Å². The summed E-state index contributed by atoms with van der Waals surface area (Å²) in [6.07, 6.45) is 0.268. The van der Waals surface area contributed by atoms with Gasteiger partial charge < -0.3 is 4.74 Å². The van der Waals surface area contributed by atoms with E-state index >= 15 is 0 Å². The minimum absolute atomic E-state index is 0.133. The van der Waals surface area contributed by atoms with Crippen LogP contribution in [0.5, 0.6) is 5.75 Å². The standard InChI is InChI=1S/C14H11F2N3O/c1-14(15,16)20-13-4-2-10(3-5-13)11-6-7-19-12(8-11)9-17-18-19/h2-9H,1H3. The van der Waals surface area contributed by atoms with E-state index in [9.17, 15) is 8.78 Å². The van der Waals surface area contributed by atoms with E-state index in [4.69, 9.17) is 0 Å². The molecule has 0 unspecified atom stereocenters. The zero-order chi connectivity index (χ0) is 14.2. The molecular formula is C14H11F2N3O. The predicted octanol–water partition coefficient (Wildman–Crippen LogP) is 3.39. The van der Waals surface area contributed by atoms with Crippen molar-refractivity contribution in [3.05, 3.63) is 48.8 Å². The van der Waals surface area contributed by atoms with Gasteiger partial charge in [0.1, 0.15) is 5.75 Å². The summed E-state index contributed by atoms with van der Waals surface area (Å²) in [6, 6.07) is 10.3. The Bertz CT molecular complexity index is 732. The van der Waals surface area contributed by atoms with Gasteiger partial charge in [-0.15, -0.1) is 5.10 Å². The SMILES string of the molecule is CC(F)(F)Oc1ccc(-c2ccn3nncc3c2)cc1. The van der Waals surface area contributed by atoms with Crippen LogP contribution in [-0.4, -0.2) is 20.9 Å². The Labute approximate surface area is 113 Å². The number of halogens is 2. The summed E-state index contributed by atoms with van der Waals surface area (Å²) in [5.74, 6) is 0.133. The molecule has 0 radical (unpaired) electrons. The highest BCUT2D eigenvalue weighted by molar-refractivity contribution is 5.68. The Morgan fingerprint density at radius 2 is 1.85 bits per heavy atom. The third-order valence-corrected chi connectivity index (χ3v) is 2.79. The summed E-state index contributed by atoms with van der Waals surface area (Å²) in [6.45, 7) is 0.710. The van der Waals surface area contributed by atoms with E-state index < -0.39 is 6.11 Å². The lowest BCUT2D eigenvalue weighted by Crippen LogP contribution is -2.18. The third-order valence-electron chi connectivity index (χ3n) is 2.79. The normalized spacial score (nSPS) is 11.8. The Morgan fingerprint density at radius 3 is 2.55 bits per heavy atom. The number of nitrogens with zero attached hydrogens (tertiary/aromatic N) is 3. The molecule has 0 aliphatic carbocycles. The van der Waals surface area contributed by atoms with Crippen molar-refractivity contribution in [1.82, 2.24) is 14.8 Å². The molecule has 0 aliphatic rings. The molecule has 2 aromatic heterocycles. The third kappa shape index (κ3) is 2.59. The summed E-state index contributed by atoms with van der Waals surface area (Å²) in [4.78, 5) is 0. The molecule has 2 heterocycles. The van der Waals surface area contributed by atoms with Gasteiger partial charge in [-0.05, 0) is 35.4 Å². The number of rotatable bonds is 3. The highest BCUT2D eigenvalue weighted by Crippen LogP contribution is 2.26. The highest BCUT2D eigenvalue weighted by atomic mass is 19.3. The average Bonchev–Trinajstić information content (AvgIpc) is 2.85. The molecule has 0 aliphatic heterocycles. The van der Waals surface area contributed by atoms with Gasteiger partial charge >= 0.3 is 6.11 Å². The number of hydrogen-bond acceptors (Lipinski definition) is 3. The lowest BCUT2D eigenvalue weighted by Gasteiger charge is -2.13. The summed E-state index contributed by atoms with van der Waals surface area (Å²) >= 11 is 0. The average molecular weight is 275 g/mol. The Balaban J connectivity index is 1.90. The number of benzene rings is 1. The molecule has 0 bridgehead atoms. The van der Waals surface area contributed by atoms with Gasteiger partial charge in [-0.3, -0.25) is 0 Å². The second-order valence-electron chi connectivity index (χ2n) is 4.45. The van der Waals surface area contributed by atoms with Crippen LogP contribution in [0.25, 0.3) is 16.6 Å². The van der Waals surface area contributed by atoms with Gasteiger partial charge in [0.2, 0.25) is 0 Å². The molecular weight excluding hydrogens is 264 g/mol. The second-order valence-corrected chi connectivity index (χ2v) is 4.45. The first-order valence-corrected chi connectivity index (χ1v) is 5.99. The molecule has 20 heavy (non-hydrogen) atoms. The van der Waals surface area contributed by atoms with Gasteiger partial charge in [-0.2, -0.15) is 8.78 Å². The smallest absolute Gasteiger partial charge is 0.394 e. The summed E-state index contributed by atoms with van der Waals surface area (Å²) in [5, 5.41) is 7.67. The molecule has 0 N–H and O–H groups in total. The van der Waals surface area contributed by atoms with E-state index in [0.717, 1.165) is 16.6 Å². The zero-order valence-corrected chi connectivity index (χ0v) is 10.6. The van der Waals surface area contributed by atoms with Crippen molar-refractivity contribution in [2.45, 2.75) is 13.0 Å². The number of aromatic nitrogens is 3. The molecule has 6 heteroatoms. The quantitative estimate of drug-likeness (QED) is 0.735. The monoisotopic (exact) mass is 275 g/mol. The van der Waals surface area contributed by atoms with E-state index in [-0.39, 0.29) is 5.75 Å². The number of fused-ring (bicyclic) bond motifs is 1. The van der Waals surface area contributed by atoms with Crippen LogP contribution < -0.4 is 4.74 Å². The van der Waals surface area contributed by atoms with E-state index in [1.165, 1.54) is 12.1 Å². The lowest BCUT2D eigenvalue weighted by atomic mass is 10.1. The molecule has 102 valence electrons. The van der Waals surface area contributed by atoms with Crippen LogP contribution >= 0.6 is 0 Å². The molecule has 3 aromatic rings. The summed E-state index contributed by atoms with van der Waals surface area (Å²) in [5.41, 5.74) is 2.72. The molecule has 1 aromatic carbocycles. The van der Waals surface area contributed by atoms with Gasteiger partial charge in [0, 0.05) is 13.1 Å². The Hall–Kier alpha value is -2.50. The van der Waals surface area contributed by atoms with Gasteiger partial charge in [0.25, 0.3) is 0 Å². The molecule has 0 saturated carbocycles.